The highest BCUT2D eigenvalue weighted by Gasteiger charge is 2.32. The third-order valence-corrected chi connectivity index (χ3v) is 4.39. The summed E-state index contributed by atoms with van der Waals surface area (Å²) >= 11 is 0. The molecule has 8 heteroatoms. The van der Waals surface area contributed by atoms with E-state index in [4.69, 9.17) is 10.5 Å². The van der Waals surface area contributed by atoms with Crippen molar-refractivity contribution in [1.82, 2.24) is 4.90 Å². The molecule has 146 valence electrons. The Kier molecular flexibility index (Phi) is 5.63. The molecule has 0 aliphatic carbocycles. The summed E-state index contributed by atoms with van der Waals surface area (Å²) in [7, 11) is 1.71. The molecule has 2 N–H and O–H groups in total. The van der Waals surface area contributed by atoms with Crippen LogP contribution in [-0.2, 0) is 10.9 Å². The number of nitrogen functional groups attached to an aromatic ring is 1. The first-order valence-electron chi connectivity index (χ1n) is 8.56. The second-order valence-electron chi connectivity index (χ2n) is 7.58. The monoisotopic (exact) mass is 373 g/mol. The minimum atomic E-state index is -4.41. The van der Waals surface area contributed by atoms with Crippen molar-refractivity contribution >= 4 is 17.5 Å². The number of alkyl halides is 3. The lowest BCUT2D eigenvalue weighted by Gasteiger charge is -2.38. The molecule has 0 atom stereocenters. The van der Waals surface area contributed by atoms with Crippen LogP contribution in [0, 0.1) is 0 Å². The molecular weight excluding hydrogens is 347 g/mol. The number of rotatable bonds is 2. The van der Waals surface area contributed by atoms with E-state index in [-0.39, 0.29) is 17.8 Å². The van der Waals surface area contributed by atoms with E-state index in [1.807, 2.05) is 25.7 Å². The van der Waals surface area contributed by atoms with E-state index < -0.39 is 17.3 Å². The van der Waals surface area contributed by atoms with Gasteiger partial charge in [-0.1, -0.05) is 0 Å². The first-order chi connectivity index (χ1) is 11.9. The molecule has 26 heavy (non-hydrogen) atoms. The molecule has 1 saturated heterocycles. The average molecular weight is 373 g/mol. The number of carbonyl (C=O) groups is 1. The summed E-state index contributed by atoms with van der Waals surface area (Å²) in [5.74, 6) is 0. The quantitative estimate of drug-likeness (QED) is 0.792. The average Bonchev–Trinajstić information content (AvgIpc) is 2.52. The van der Waals surface area contributed by atoms with Crippen molar-refractivity contribution in [3.05, 3.63) is 23.8 Å². The van der Waals surface area contributed by atoms with Crippen LogP contribution in [0.2, 0.25) is 0 Å². The van der Waals surface area contributed by atoms with Gasteiger partial charge in [0.1, 0.15) is 5.60 Å². The van der Waals surface area contributed by atoms with Crippen molar-refractivity contribution in [2.45, 2.75) is 51.4 Å². The largest absolute Gasteiger partial charge is 0.444 e. The maximum absolute atomic E-state index is 12.8. The standard InChI is InChI=1S/C18H26F3N3O2/c1-17(2,3)26-16(25)23(4)13-7-9-24(10-8-13)15-6-5-12(11-14(15)22)18(19,20)21/h5-6,11,13H,7-10,22H2,1-4H3. The number of halogens is 3. The number of nitrogens with zero attached hydrogens (tertiary/aromatic N) is 2. The molecule has 0 radical (unpaired) electrons. The number of amides is 1. The van der Waals surface area contributed by atoms with Gasteiger partial charge in [-0.25, -0.2) is 4.79 Å². The van der Waals surface area contributed by atoms with Crippen molar-refractivity contribution in [2.24, 2.45) is 0 Å². The number of piperidine rings is 1. The lowest BCUT2D eigenvalue weighted by atomic mass is 10.0. The van der Waals surface area contributed by atoms with E-state index in [9.17, 15) is 18.0 Å². The molecule has 1 aromatic carbocycles. The number of carbonyl (C=O) groups excluding carboxylic acids is 1. The van der Waals surface area contributed by atoms with Crippen molar-refractivity contribution in [3.8, 4) is 0 Å². The minimum absolute atomic E-state index is 0.0248. The molecule has 1 heterocycles. The summed E-state index contributed by atoms with van der Waals surface area (Å²) < 4.78 is 43.6. The zero-order valence-corrected chi connectivity index (χ0v) is 15.6. The molecule has 1 fully saturated rings. The Balaban J connectivity index is 1.99. The Morgan fingerprint density at radius 3 is 2.27 bits per heavy atom. The van der Waals surface area contributed by atoms with Gasteiger partial charge in [-0.05, 0) is 51.8 Å². The van der Waals surface area contributed by atoms with Crippen LogP contribution in [-0.4, -0.2) is 42.8 Å². The van der Waals surface area contributed by atoms with Gasteiger partial charge in [0.25, 0.3) is 0 Å². The summed E-state index contributed by atoms with van der Waals surface area (Å²) in [4.78, 5) is 15.7. The molecule has 0 bridgehead atoms. The third kappa shape index (κ3) is 4.95. The van der Waals surface area contributed by atoms with Crippen molar-refractivity contribution < 1.29 is 22.7 Å². The number of hydrogen-bond acceptors (Lipinski definition) is 4. The van der Waals surface area contributed by atoms with E-state index in [0.717, 1.165) is 12.1 Å². The Labute approximate surface area is 151 Å². The molecule has 1 aromatic rings. The minimum Gasteiger partial charge on any atom is -0.444 e. The van der Waals surface area contributed by atoms with E-state index in [1.54, 1.807) is 11.9 Å². The topological polar surface area (TPSA) is 58.8 Å². The summed E-state index contributed by atoms with van der Waals surface area (Å²) in [5, 5.41) is 0. The van der Waals surface area contributed by atoms with Crippen LogP contribution in [0.15, 0.2) is 18.2 Å². The normalized spacial score (nSPS) is 16.5. The van der Waals surface area contributed by atoms with Crippen LogP contribution >= 0.6 is 0 Å². The lowest BCUT2D eigenvalue weighted by molar-refractivity contribution is -0.137. The van der Waals surface area contributed by atoms with Gasteiger partial charge >= 0.3 is 12.3 Å². The van der Waals surface area contributed by atoms with Crippen LogP contribution < -0.4 is 10.6 Å². The van der Waals surface area contributed by atoms with E-state index >= 15 is 0 Å². The highest BCUT2D eigenvalue weighted by molar-refractivity contribution is 5.70. The highest BCUT2D eigenvalue weighted by atomic mass is 19.4. The summed E-state index contributed by atoms with van der Waals surface area (Å²) in [5.41, 5.74) is 5.23. The summed E-state index contributed by atoms with van der Waals surface area (Å²) in [6, 6.07) is 3.45. The second-order valence-corrected chi connectivity index (χ2v) is 7.58. The van der Waals surface area contributed by atoms with Crippen molar-refractivity contribution in [3.63, 3.8) is 0 Å². The Morgan fingerprint density at radius 1 is 1.23 bits per heavy atom. The lowest BCUT2D eigenvalue weighted by Crippen LogP contribution is -2.47. The number of nitrogens with two attached hydrogens (primary N) is 1. The molecular formula is C18H26F3N3O2. The van der Waals surface area contributed by atoms with Crippen LogP contribution in [0.5, 0.6) is 0 Å². The summed E-state index contributed by atoms with van der Waals surface area (Å²) in [6.07, 6.45) is -3.40. The number of hydrogen-bond donors (Lipinski definition) is 1. The molecule has 1 aliphatic heterocycles. The van der Waals surface area contributed by atoms with Gasteiger partial charge < -0.3 is 20.3 Å². The molecule has 1 amide bonds. The maximum atomic E-state index is 12.8. The molecule has 1 aliphatic rings. The van der Waals surface area contributed by atoms with Crippen LogP contribution in [0.25, 0.3) is 0 Å². The fourth-order valence-electron chi connectivity index (χ4n) is 3.00. The van der Waals surface area contributed by atoms with Crippen LogP contribution in [0.1, 0.15) is 39.2 Å². The predicted octanol–water partition coefficient (Wildman–Crippen LogP) is 4.12. The Hall–Kier alpha value is -2.12. The van der Waals surface area contributed by atoms with Gasteiger partial charge in [0.15, 0.2) is 0 Å². The van der Waals surface area contributed by atoms with Crippen LogP contribution in [0.4, 0.5) is 29.3 Å². The van der Waals surface area contributed by atoms with Gasteiger partial charge in [0.05, 0.1) is 16.9 Å². The Morgan fingerprint density at radius 2 is 1.81 bits per heavy atom. The van der Waals surface area contributed by atoms with Gasteiger partial charge in [-0.2, -0.15) is 13.2 Å². The fourth-order valence-corrected chi connectivity index (χ4v) is 3.00. The van der Waals surface area contributed by atoms with E-state index in [0.29, 0.717) is 31.6 Å². The molecule has 0 aromatic heterocycles. The van der Waals surface area contributed by atoms with Crippen LogP contribution in [0.3, 0.4) is 0 Å². The van der Waals surface area contributed by atoms with Gasteiger partial charge in [-0.3, -0.25) is 0 Å². The number of benzene rings is 1. The molecule has 0 spiro atoms. The number of anilines is 2. The third-order valence-electron chi connectivity index (χ3n) is 4.39. The molecule has 5 nitrogen and oxygen atoms in total. The molecule has 0 saturated carbocycles. The van der Waals surface area contributed by atoms with Crippen molar-refractivity contribution in [1.29, 1.82) is 0 Å². The van der Waals surface area contributed by atoms with Gasteiger partial charge in [0, 0.05) is 26.2 Å². The smallest absolute Gasteiger partial charge is 0.416 e. The van der Waals surface area contributed by atoms with E-state index in [2.05, 4.69) is 0 Å². The Bertz CT molecular complexity index is 648. The molecule has 2 rings (SSSR count). The molecule has 0 unspecified atom stereocenters. The predicted molar refractivity (Wildman–Crippen MR) is 95.1 cm³/mol. The zero-order valence-electron chi connectivity index (χ0n) is 15.6. The van der Waals surface area contributed by atoms with Crippen molar-refractivity contribution in [2.75, 3.05) is 30.8 Å². The first-order valence-corrected chi connectivity index (χ1v) is 8.56. The van der Waals surface area contributed by atoms with Gasteiger partial charge in [-0.15, -0.1) is 0 Å². The highest BCUT2D eigenvalue weighted by Crippen LogP contribution is 2.35. The zero-order chi connectivity index (χ0) is 19.7. The second kappa shape index (κ2) is 7.25. The maximum Gasteiger partial charge on any atom is 0.416 e. The number of ether oxygens (including phenoxy) is 1. The van der Waals surface area contributed by atoms with E-state index in [1.165, 1.54) is 6.07 Å². The first kappa shape index (κ1) is 20.2. The SMILES string of the molecule is CN(C(=O)OC(C)(C)C)C1CCN(c2ccc(C(F)(F)F)cc2N)CC1. The van der Waals surface area contributed by atoms with Gasteiger partial charge in [0.2, 0.25) is 0 Å². The fraction of sp³-hybridized carbons (Fsp3) is 0.611. The summed E-state index contributed by atoms with van der Waals surface area (Å²) in [6.45, 7) is 6.65.